The van der Waals surface area contributed by atoms with E-state index in [0.29, 0.717) is 29.9 Å². The maximum atomic E-state index is 13.0. The molecule has 0 saturated heterocycles. The van der Waals surface area contributed by atoms with E-state index in [4.69, 9.17) is 9.47 Å². The average Bonchev–Trinajstić information content (AvgIpc) is 3.53. The Hall–Kier alpha value is -4.18. The maximum Gasteiger partial charge on any atom is 0.356 e. The summed E-state index contributed by atoms with van der Waals surface area (Å²) in [5, 5.41) is 11.3. The largest absolute Gasteiger partial charge is 0.464 e. The molecule has 0 saturated carbocycles. The van der Waals surface area contributed by atoms with Crippen molar-refractivity contribution in [2.75, 3.05) is 31.5 Å². The molecule has 0 bridgehead atoms. The summed E-state index contributed by atoms with van der Waals surface area (Å²) in [5.74, 6) is -0.806. The van der Waals surface area contributed by atoms with Gasteiger partial charge in [0.1, 0.15) is 5.65 Å². The van der Waals surface area contributed by atoms with Crippen LogP contribution in [0.4, 0.5) is 11.4 Å². The number of nitrogens with zero attached hydrogens (tertiary/aromatic N) is 4. The van der Waals surface area contributed by atoms with E-state index >= 15 is 0 Å². The van der Waals surface area contributed by atoms with Crippen molar-refractivity contribution < 1.29 is 19.1 Å². The van der Waals surface area contributed by atoms with Crippen LogP contribution in [0.15, 0.2) is 61.1 Å². The highest BCUT2D eigenvalue weighted by molar-refractivity contribution is 6.11. The number of hydrogen-bond donors (Lipinski definition) is 2. The molecule has 1 aromatic carbocycles. The Balaban J connectivity index is 1.66. The van der Waals surface area contributed by atoms with E-state index < -0.39 is 5.97 Å². The Morgan fingerprint density at radius 3 is 2.62 bits per heavy atom. The molecule has 3 heterocycles. The van der Waals surface area contributed by atoms with Crippen LogP contribution >= 0.6 is 0 Å². The molecule has 1 amide bonds. The number of ether oxygens (including phenoxy) is 2. The Morgan fingerprint density at radius 2 is 1.92 bits per heavy atom. The van der Waals surface area contributed by atoms with Crippen LogP contribution in [0.25, 0.3) is 11.0 Å². The van der Waals surface area contributed by atoms with Gasteiger partial charge in [-0.05, 0) is 31.0 Å². The van der Waals surface area contributed by atoms with Crippen LogP contribution in [-0.4, -0.2) is 58.1 Å². The smallest absolute Gasteiger partial charge is 0.356 e. The standard InChI is InChI=1S/C27H32N6O4/c1-19(10-13-32-12-7-11-29-32)30-21-17-22-24(31-23(34)16-20-8-5-4-6-9-20)25(27(35)37-3)33(14-15-36-2)26(22)28-18-21/h4-9,11-12,17-19,30H,10,13-16H2,1-3H3,(H,31,34)/t19-/m1/s1. The minimum absolute atomic E-state index is 0.134. The first-order valence-electron chi connectivity index (χ1n) is 12.2. The lowest BCUT2D eigenvalue weighted by Gasteiger charge is -2.15. The molecule has 0 aliphatic rings. The van der Waals surface area contributed by atoms with Crippen molar-refractivity contribution in [2.24, 2.45) is 0 Å². The predicted molar refractivity (Wildman–Crippen MR) is 142 cm³/mol. The monoisotopic (exact) mass is 504 g/mol. The first kappa shape index (κ1) is 25.9. The molecule has 3 aromatic heterocycles. The van der Waals surface area contributed by atoms with E-state index in [-0.39, 0.29) is 24.1 Å². The number of aryl methyl sites for hydroxylation is 1. The molecular weight excluding hydrogens is 472 g/mol. The van der Waals surface area contributed by atoms with Crippen molar-refractivity contribution in [2.45, 2.75) is 38.9 Å². The van der Waals surface area contributed by atoms with Crippen molar-refractivity contribution in [3.05, 3.63) is 72.3 Å². The molecule has 4 rings (SSSR count). The number of fused-ring (bicyclic) bond motifs is 1. The number of methoxy groups -OCH3 is 2. The lowest BCUT2D eigenvalue weighted by Crippen LogP contribution is -2.19. The number of amides is 1. The van der Waals surface area contributed by atoms with Gasteiger partial charge in [-0.3, -0.25) is 9.48 Å². The Labute approximate surface area is 215 Å². The van der Waals surface area contributed by atoms with Crippen molar-refractivity contribution in [1.29, 1.82) is 0 Å². The van der Waals surface area contributed by atoms with Crippen LogP contribution < -0.4 is 10.6 Å². The number of aromatic nitrogens is 4. The summed E-state index contributed by atoms with van der Waals surface area (Å²) in [4.78, 5) is 30.6. The highest BCUT2D eigenvalue weighted by atomic mass is 16.5. The van der Waals surface area contributed by atoms with E-state index in [2.05, 4.69) is 27.6 Å². The van der Waals surface area contributed by atoms with Gasteiger partial charge < -0.3 is 24.7 Å². The Bertz CT molecular complexity index is 1330. The second kappa shape index (κ2) is 12.2. The number of hydrogen-bond acceptors (Lipinski definition) is 7. The number of pyridine rings is 1. The van der Waals surface area contributed by atoms with E-state index in [1.54, 1.807) is 24.1 Å². The van der Waals surface area contributed by atoms with Crippen LogP contribution in [0.1, 0.15) is 29.4 Å². The highest BCUT2D eigenvalue weighted by Crippen LogP contribution is 2.33. The molecular formula is C27H32N6O4. The zero-order chi connectivity index (χ0) is 26.2. The average molecular weight is 505 g/mol. The molecule has 0 aliphatic carbocycles. The predicted octanol–water partition coefficient (Wildman–Crippen LogP) is 3.74. The van der Waals surface area contributed by atoms with Crippen molar-refractivity contribution >= 4 is 34.3 Å². The molecule has 0 fully saturated rings. The zero-order valence-corrected chi connectivity index (χ0v) is 21.3. The number of rotatable bonds is 12. The number of carbonyl (C=O) groups excluding carboxylic acids is 2. The van der Waals surface area contributed by atoms with Gasteiger partial charge in [-0.1, -0.05) is 30.3 Å². The lowest BCUT2D eigenvalue weighted by atomic mass is 10.1. The second-order valence-electron chi connectivity index (χ2n) is 8.77. The van der Waals surface area contributed by atoms with E-state index in [0.717, 1.165) is 24.2 Å². The third-order valence-corrected chi connectivity index (χ3v) is 6.03. The first-order valence-corrected chi connectivity index (χ1v) is 12.2. The minimum atomic E-state index is -0.564. The molecule has 194 valence electrons. The molecule has 10 nitrogen and oxygen atoms in total. The SMILES string of the molecule is COCCn1c(C(=O)OC)c(NC(=O)Cc2ccccc2)c2cc(N[C@H](C)CCn3cccn3)cnc21. The Kier molecular flexibility index (Phi) is 8.52. The summed E-state index contributed by atoms with van der Waals surface area (Å²) in [6.07, 6.45) is 6.44. The van der Waals surface area contributed by atoms with Gasteiger partial charge in [0.2, 0.25) is 5.91 Å². The maximum absolute atomic E-state index is 13.0. The molecule has 0 radical (unpaired) electrons. The molecule has 1 atom stereocenters. The van der Waals surface area contributed by atoms with E-state index in [1.807, 2.05) is 53.3 Å². The fraction of sp³-hybridized carbons (Fsp3) is 0.333. The molecule has 0 aliphatic heterocycles. The molecule has 37 heavy (non-hydrogen) atoms. The third-order valence-electron chi connectivity index (χ3n) is 6.03. The van der Waals surface area contributed by atoms with Gasteiger partial charge in [-0.15, -0.1) is 0 Å². The molecule has 4 aromatic rings. The van der Waals surface area contributed by atoms with E-state index in [9.17, 15) is 9.59 Å². The number of carbonyl (C=O) groups is 2. The van der Waals surface area contributed by atoms with Gasteiger partial charge in [0.25, 0.3) is 0 Å². The van der Waals surface area contributed by atoms with Gasteiger partial charge in [0.05, 0.1) is 37.7 Å². The van der Waals surface area contributed by atoms with Crippen LogP contribution in [0.5, 0.6) is 0 Å². The summed E-state index contributed by atoms with van der Waals surface area (Å²) < 4.78 is 14.0. The summed E-state index contributed by atoms with van der Waals surface area (Å²) in [7, 11) is 2.91. The second-order valence-corrected chi connectivity index (χ2v) is 8.77. The van der Waals surface area contributed by atoms with E-state index in [1.165, 1.54) is 7.11 Å². The highest BCUT2D eigenvalue weighted by Gasteiger charge is 2.26. The normalized spacial score (nSPS) is 11.9. The van der Waals surface area contributed by atoms with Gasteiger partial charge in [-0.2, -0.15) is 5.10 Å². The Morgan fingerprint density at radius 1 is 1.11 bits per heavy atom. The first-order chi connectivity index (χ1) is 18.0. The topological polar surface area (TPSA) is 112 Å². The zero-order valence-electron chi connectivity index (χ0n) is 21.3. The van der Waals surface area contributed by atoms with Crippen molar-refractivity contribution in [1.82, 2.24) is 19.3 Å². The summed E-state index contributed by atoms with van der Waals surface area (Å²) >= 11 is 0. The van der Waals surface area contributed by atoms with Crippen molar-refractivity contribution in [3.8, 4) is 0 Å². The number of esters is 1. The third kappa shape index (κ3) is 6.34. The summed E-state index contributed by atoms with van der Waals surface area (Å²) in [5.41, 5.74) is 2.81. The number of anilines is 2. The fourth-order valence-corrected chi connectivity index (χ4v) is 4.22. The van der Waals surface area contributed by atoms with Crippen LogP contribution in [0.2, 0.25) is 0 Å². The summed E-state index contributed by atoms with van der Waals surface area (Å²) in [6.45, 7) is 3.58. The fourth-order valence-electron chi connectivity index (χ4n) is 4.22. The van der Waals surface area contributed by atoms with Crippen LogP contribution in [0, 0.1) is 0 Å². The number of benzene rings is 1. The van der Waals surface area contributed by atoms with Crippen LogP contribution in [-0.2, 0) is 33.8 Å². The van der Waals surface area contributed by atoms with Gasteiger partial charge in [-0.25, -0.2) is 9.78 Å². The molecule has 0 spiro atoms. The molecule has 10 heteroatoms. The molecule has 2 N–H and O–H groups in total. The van der Waals surface area contributed by atoms with Gasteiger partial charge >= 0.3 is 5.97 Å². The summed E-state index contributed by atoms with van der Waals surface area (Å²) in [6, 6.07) is 13.4. The quantitative estimate of drug-likeness (QED) is 0.283. The number of nitrogens with one attached hydrogen (secondary N) is 2. The van der Waals surface area contributed by atoms with Crippen molar-refractivity contribution in [3.63, 3.8) is 0 Å². The van der Waals surface area contributed by atoms with Gasteiger partial charge in [0, 0.05) is 44.0 Å². The van der Waals surface area contributed by atoms with Gasteiger partial charge in [0.15, 0.2) is 5.69 Å². The molecule has 0 unspecified atom stereocenters. The minimum Gasteiger partial charge on any atom is -0.464 e. The van der Waals surface area contributed by atoms with Crippen LogP contribution in [0.3, 0.4) is 0 Å². The lowest BCUT2D eigenvalue weighted by molar-refractivity contribution is -0.115.